The molecule has 7 nitrogen and oxygen atoms in total. The highest BCUT2D eigenvalue weighted by Crippen LogP contribution is 1.88. The monoisotopic (exact) mass is 238 g/mol. The van der Waals surface area contributed by atoms with Crippen molar-refractivity contribution in [2.75, 3.05) is 46.2 Å². The number of ether oxygens (including phenoxy) is 3. The van der Waals surface area contributed by atoms with Crippen LogP contribution in [0.2, 0.25) is 0 Å². The van der Waals surface area contributed by atoms with Crippen LogP contribution in [0, 0.1) is 0 Å². The molecule has 0 aromatic carbocycles. The molecule has 0 saturated heterocycles. The zero-order chi connectivity index (χ0) is 12.2. The number of esters is 1. The fourth-order valence-corrected chi connectivity index (χ4v) is 0.758. The van der Waals surface area contributed by atoms with Gasteiger partial charge in [0.1, 0.15) is 6.61 Å². The molecule has 0 amide bonds. The van der Waals surface area contributed by atoms with Crippen molar-refractivity contribution in [3.8, 4) is 0 Å². The Balaban J connectivity index is 3.18. The van der Waals surface area contributed by atoms with Gasteiger partial charge in [0.05, 0.1) is 39.6 Å². The minimum atomic E-state index is -1.49. The summed E-state index contributed by atoms with van der Waals surface area (Å²) in [5.74, 6) is -0.873. The first-order chi connectivity index (χ1) is 7.72. The fraction of sp³-hybridized carbons (Fsp3) is 0.889. The molecular weight excluding hydrogens is 220 g/mol. The largest absolute Gasteiger partial charge is 0.461 e. The number of hydrogen-bond acceptors (Lipinski definition) is 7. The van der Waals surface area contributed by atoms with E-state index in [9.17, 15) is 4.79 Å². The minimum absolute atomic E-state index is 0.00981. The van der Waals surface area contributed by atoms with Crippen LogP contribution >= 0.6 is 0 Å². The van der Waals surface area contributed by atoms with Crippen molar-refractivity contribution in [3.63, 3.8) is 0 Å². The Morgan fingerprint density at radius 2 is 1.56 bits per heavy atom. The second-order valence-electron chi connectivity index (χ2n) is 2.81. The Morgan fingerprint density at radius 1 is 1.00 bits per heavy atom. The Bertz CT molecular complexity index is 173. The summed E-state index contributed by atoms with van der Waals surface area (Å²) in [6.07, 6.45) is -1.49. The van der Waals surface area contributed by atoms with Gasteiger partial charge >= 0.3 is 5.97 Å². The number of carbonyl (C=O) groups excluding carboxylic acids is 1. The van der Waals surface area contributed by atoms with E-state index in [-0.39, 0.29) is 26.4 Å². The molecule has 0 saturated carbocycles. The summed E-state index contributed by atoms with van der Waals surface area (Å²) in [7, 11) is 0. The molecule has 0 fully saturated rings. The van der Waals surface area contributed by atoms with Crippen LogP contribution in [0.3, 0.4) is 0 Å². The van der Waals surface area contributed by atoms with E-state index in [2.05, 4.69) is 4.74 Å². The van der Waals surface area contributed by atoms with E-state index in [4.69, 9.17) is 24.8 Å². The summed E-state index contributed by atoms with van der Waals surface area (Å²) in [6, 6.07) is 0. The number of aliphatic hydroxyl groups excluding tert-OH is 3. The molecule has 3 N–H and O–H groups in total. The second-order valence-corrected chi connectivity index (χ2v) is 2.81. The van der Waals surface area contributed by atoms with Gasteiger partial charge in [0.25, 0.3) is 0 Å². The van der Waals surface area contributed by atoms with Gasteiger partial charge in [0.15, 0.2) is 6.10 Å². The predicted octanol–water partition coefficient (Wildman–Crippen LogP) is -2.09. The summed E-state index contributed by atoms with van der Waals surface area (Å²) in [6.45, 7) is 0.461. The number of hydrogen-bond donors (Lipinski definition) is 3. The number of aliphatic hydroxyl groups is 3. The highest BCUT2D eigenvalue weighted by Gasteiger charge is 2.14. The average molecular weight is 238 g/mol. The molecule has 0 aliphatic heterocycles. The maximum absolute atomic E-state index is 10.8. The average Bonchev–Trinajstić information content (AvgIpc) is 2.31. The first-order valence-electron chi connectivity index (χ1n) is 4.94. The zero-order valence-corrected chi connectivity index (χ0v) is 9.00. The van der Waals surface area contributed by atoms with Gasteiger partial charge in [-0.3, -0.25) is 0 Å². The Hall–Kier alpha value is -0.730. The topological polar surface area (TPSA) is 105 Å². The molecule has 0 spiro atoms. The van der Waals surface area contributed by atoms with Crippen molar-refractivity contribution >= 4 is 5.97 Å². The molecule has 16 heavy (non-hydrogen) atoms. The maximum Gasteiger partial charge on any atom is 0.337 e. The van der Waals surface area contributed by atoms with E-state index >= 15 is 0 Å². The first kappa shape index (κ1) is 15.3. The summed E-state index contributed by atoms with van der Waals surface area (Å²) >= 11 is 0. The SMILES string of the molecule is O=C(OCCOCCOCCO)C(O)CO. The predicted molar refractivity (Wildman–Crippen MR) is 52.8 cm³/mol. The Morgan fingerprint density at radius 3 is 2.12 bits per heavy atom. The van der Waals surface area contributed by atoms with E-state index in [1.807, 2.05) is 0 Å². The summed E-state index contributed by atoms with van der Waals surface area (Å²) in [5, 5.41) is 25.6. The molecular formula is C9H18O7. The van der Waals surface area contributed by atoms with Gasteiger partial charge in [-0.1, -0.05) is 0 Å². The van der Waals surface area contributed by atoms with Crippen LogP contribution in [0.5, 0.6) is 0 Å². The third-order valence-electron chi connectivity index (χ3n) is 1.52. The quantitative estimate of drug-likeness (QED) is 0.296. The molecule has 0 heterocycles. The van der Waals surface area contributed by atoms with Crippen LogP contribution in [-0.4, -0.2) is 73.6 Å². The molecule has 0 rings (SSSR count). The summed E-state index contributed by atoms with van der Waals surface area (Å²) in [5.41, 5.74) is 0. The van der Waals surface area contributed by atoms with Crippen molar-refractivity contribution in [1.29, 1.82) is 0 Å². The van der Waals surface area contributed by atoms with Crippen molar-refractivity contribution in [2.24, 2.45) is 0 Å². The van der Waals surface area contributed by atoms with Gasteiger partial charge in [-0.05, 0) is 0 Å². The lowest BCUT2D eigenvalue weighted by Crippen LogP contribution is -2.27. The van der Waals surface area contributed by atoms with Gasteiger partial charge in [0.2, 0.25) is 0 Å². The van der Waals surface area contributed by atoms with Crippen LogP contribution in [0.25, 0.3) is 0 Å². The lowest BCUT2D eigenvalue weighted by atomic mass is 10.4. The van der Waals surface area contributed by atoms with Crippen molar-refractivity contribution in [3.05, 3.63) is 0 Å². The lowest BCUT2D eigenvalue weighted by Gasteiger charge is -2.08. The number of rotatable bonds is 10. The van der Waals surface area contributed by atoms with Crippen LogP contribution in [-0.2, 0) is 19.0 Å². The smallest absolute Gasteiger partial charge is 0.337 e. The van der Waals surface area contributed by atoms with Gasteiger partial charge in [0, 0.05) is 0 Å². The van der Waals surface area contributed by atoms with Crippen LogP contribution in [0.1, 0.15) is 0 Å². The van der Waals surface area contributed by atoms with Crippen molar-refractivity contribution in [2.45, 2.75) is 6.10 Å². The third-order valence-corrected chi connectivity index (χ3v) is 1.52. The van der Waals surface area contributed by atoms with E-state index in [0.717, 1.165) is 0 Å². The maximum atomic E-state index is 10.8. The molecule has 0 radical (unpaired) electrons. The molecule has 1 unspecified atom stereocenters. The molecule has 0 bridgehead atoms. The van der Waals surface area contributed by atoms with E-state index in [1.165, 1.54) is 0 Å². The van der Waals surface area contributed by atoms with Crippen molar-refractivity contribution in [1.82, 2.24) is 0 Å². The van der Waals surface area contributed by atoms with E-state index in [0.29, 0.717) is 13.2 Å². The second kappa shape index (κ2) is 10.8. The molecule has 96 valence electrons. The molecule has 1 atom stereocenters. The van der Waals surface area contributed by atoms with Crippen LogP contribution < -0.4 is 0 Å². The van der Waals surface area contributed by atoms with Crippen molar-refractivity contribution < 1.29 is 34.3 Å². The number of carbonyl (C=O) groups is 1. The first-order valence-corrected chi connectivity index (χ1v) is 4.94. The van der Waals surface area contributed by atoms with Gasteiger partial charge in [-0.2, -0.15) is 0 Å². The van der Waals surface area contributed by atoms with E-state index in [1.54, 1.807) is 0 Å². The molecule has 0 aromatic heterocycles. The Labute approximate surface area is 93.5 Å². The molecule has 0 aliphatic rings. The molecule has 0 aromatic rings. The molecule has 7 heteroatoms. The van der Waals surface area contributed by atoms with Gasteiger partial charge < -0.3 is 29.5 Å². The van der Waals surface area contributed by atoms with Crippen LogP contribution in [0.4, 0.5) is 0 Å². The minimum Gasteiger partial charge on any atom is -0.461 e. The van der Waals surface area contributed by atoms with Gasteiger partial charge in [-0.25, -0.2) is 4.79 Å². The fourth-order valence-electron chi connectivity index (χ4n) is 0.758. The highest BCUT2D eigenvalue weighted by molar-refractivity contribution is 5.74. The summed E-state index contributed by atoms with van der Waals surface area (Å²) < 4.78 is 14.5. The lowest BCUT2D eigenvalue weighted by molar-refractivity contribution is -0.157. The van der Waals surface area contributed by atoms with Gasteiger partial charge in [-0.15, -0.1) is 0 Å². The zero-order valence-electron chi connectivity index (χ0n) is 9.00. The molecule has 0 aliphatic carbocycles. The third kappa shape index (κ3) is 8.57. The summed E-state index contributed by atoms with van der Waals surface area (Å²) in [4.78, 5) is 10.8. The normalized spacial score (nSPS) is 12.4. The standard InChI is InChI=1S/C9H18O7/c10-1-2-14-3-4-15-5-6-16-9(13)8(12)7-11/h8,10-12H,1-7H2. The van der Waals surface area contributed by atoms with Crippen LogP contribution in [0.15, 0.2) is 0 Å². The highest BCUT2D eigenvalue weighted by atomic mass is 16.6. The Kier molecular flexibility index (Phi) is 10.3. The van der Waals surface area contributed by atoms with E-state index < -0.39 is 18.7 Å².